The monoisotopic (exact) mass is 698 g/mol. The quantitative estimate of drug-likeness (QED) is 0.0913. The molecule has 0 spiro atoms. The van der Waals surface area contributed by atoms with Crippen molar-refractivity contribution < 1.29 is 84.0 Å². The van der Waals surface area contributed by atoms with Crippen LogP contribution in [0.15, 0.2) is 48.5 Å². The maximum Gasteiger partial charge on any atom is 0.309 e. The highest BCUT2D eigenvalue weighted by Crippen LogP contribution is 2.26. The van der Waals surface area contributed by atoms with Gasteiger partial charge in [-0.2, -0.15) is 0 Å². The Balaban J connectivity index is 1.17. The van der Waals surface area contributed by atoms with Crippen molar-refractivity contribution in [3.63, 3.8) is 0 Å². The summed E-state index contributed by atoms with van der Waals surface area (Å²) in [6, 6.07) is 12.1. The predicted octanol–water partition coefficient (Wildman–Crippen LogP) is -2.64. The van der Waals surface area contributed by atoms with E-state index in [1.54, 1.807) is 24.3 Å². The Morgan fingerprint density at radius 2 is 0.959 bits per heavy atom. The third kappa shape index (κ3) is 10.3. The first-order valence-electron chi connectivity index (χ1n) is 15.4. The molecule has 2 aliphatic rings. The van der Waals surface area contributed by atoms with Crippen LogP contribution in [-0.2, 0) is 41.8 Å². The normalized spacial score (nSPS) is 30.3. The van der Waals surface area contributed by atoms with Gasteiger partial charge >= 0.3 is 11.9 Å². The average molecular weight is 699 g/mol. The Morgan fingerprint density at radius 3 is 1.29 bits per heavy atom. The fraction of sp³-hybridized carbons (Fsp3) is 0.562. The second-order valence-electron chi connectivity index (χ2n) is 12.1. The van der Waals surface area contributed by atoms with Gasteiger partial charge in [0.2, 0.25) is 12.6 Å². The Bertz CT molecular complexity index is 1250. The van der Waals surface area contributed by atoms with Gasteiger partial charge in [-0.05, 0) is 42.3 Å². The molecule has 2 saturated heterocycles. The fourth-order valence-electron chi connectivity index (χ4n) is 5.04. The van der Waals surface area contributed by atoms with Crippen LogP contribution in [0.25, 0.3) is 0 Å². The van der Waals surface area contributed by atoms with Gasteiger partial charge in [0, 0.05) is 0 Å². The molecule has 0 radical (unpaired) electrons. The van der Waals surface area contributed by atoms with Crippen LogP contribution in [0.4, 0.5) is 0 Å². The second-order valence-corrected chi connectivity index (χ2v) is 12.1. The van der Waals surface area contributed by atoms with Gasteiger partial charge in [-0.1, -0.05) is 24.3 Å². The van der Waals surface area contributed by atoms with E-state index in [9.17, 15) is 55.5 Å². The van der Waals surface area contributed by atoms with Crippen LogP contribution in [0.5, 0.6) is 11.5 Å². The molecule has 2 fully saturated rings. The minimum absolute atomic E-state index is 0.171. The molecule has 0 amide bonds. The summed E-state index contributed by atoms with van der Waals surface area (Å²) in [6.07, 6.45) is -15.4. The molecule has 0 aromatic heterocycles. The van der Waals surface area contributed by atoms with Gasteiger partial charge in [0.05, 0.1) is 31.7 Å². The van der Waals surface area contributed by atoms with E-state index in [-0.39, 0.29) is 24.7 Å². The van der Waals surface area contributed by atoms with Gasteiger partial charge in [0.1, 0.15) is 73.5 Å². The van der Waals surface area contributed by atoms with Crippen molar-refractivity contribution >= 4 is 11.9 Å². The summed E-state index contributed by atoms with van der Waals surface area (Å²) in [4.78, 5) is 24.8. The fourth-order valence-corrected chi connectivity index (χ4v) is 5.04. The van der Waals surface area contributed by atoms with Crippen molar-refractivity contribution in [1.82, 2.24) is 0 Å². The van der Waals surface area contributed by atoms with E-state index in [0.29, 0.717) is 11.1 Å². The number of carbonyl (C=O) groups is 2. The van der Waals surface area contributed by atoms with Gasteiger partial charge < -0.3 is 74.4 Å². The molecular weight excluding hydrogens is 656 g/mol. The van der Waals surface area contributed by atoms with Crippen molar-refractivity contribution in [2.24, 2.45) is 0 Å². The van der Waals surface area contributed by atoms with E-state index in [1.807, 2.05) is 0 Å². The third-order valence-electron chi connectivity index (χ3n) is 7.90. The summed E-state index contributed by atoms with van der Waals surface area (Å²) in [5, 5.41) is 89.0. The first-order valence-corrected chi connectivity index (χ1v) is 15.4. The molecule has 2 aromatic rings. The average Bonchev–Trinajstić information content (AvgIpc) is 3.07. The van der Waals surface area contributed by atoms with E-state index < -0.39 is 105 Å². The molecule has 272 valence electrons. The van der Waals surface area contributed by atoms with Crippen LogP contribution >= 0.6 is 0 Å². The van der Waals surface area contributed by atoms with Crippen LogP contribution in [0.3, 0.4) is 0 Å². The lowest BCUT2D eigenvalue weighted by Gasteiger charge is -2.39. The second kappa shape index (κ2) is 17.0. The summed E-state index contributed by atoms with van der Waals surface area (Å²) < 4.78 is 32.1. The number of benzene rings is 2. The van der Waals surface area contributed by atoms with Gasteiger partial charge in [0.25, 0.3) is 0 Å². The molecule has 17 nitrogen and oxygen atoms in total. The molecule has 17 heteroatoms. The molecule has 0 bridgehead atoms. The van der Waals surface area contributed by atoms with Crippen molar-refractivity contribution in [2.75, 3.05) is 13.2 Å². The zero-order chi connectivity index (χ0) is 35.9. The van der Waals surface area contributed by atoms with Crippen LogP contribution < -0.4 is 9.47 Å². The summed E-state index contributed by atoms with van der Waals surface area (Å²) in [5.74, 6) is -1.12. The minimum atomic E-state index is -1.78. The van der Waals surface area contributed by atoms with Gasteiger partial charge in [0.15, 0.2) is 0 Å². The number of aliphatic hydroxyl groups excluding tert-OH is 8. The Labute approximate surface area is 280 Å². The molecule has 2 aromatic carbocycles. The lowest BCUT2D eigenvalue weighted by molar-refractivity contribution is -0.277. The van der Waals surface area contributed by atoms with Crippen molar-refractivity contribution in [3.8, 4) is 11.5 Å². The lowest BCUT2D eigenvalue weighted by atomic mass is 9.98. The van der Waals surface area contributed by atoms with E-state index in [1.165, 1.54) is 31.2 Å². The minimum Gasteiger partial charge on any atom is -0.462 e. The van der Waals surface area contributed by atoms with Crippen LogP contribution in [-0.4, -0.2) is 138 Å². The van der Waals surface area contributed by atoms with Crippen molar-refractivity contribution in [2.45, 2.75) is 100.0 Å². The van der Waals surface area contributed by atoms with Crippen LogP contribution in [0, 0.1) is 0 Å². The third-order valence-corrected chi connectivity index (χ3v) is 7.90. The smallest absolute Gasteiger partial charge is 0.309 e. The summed E-state index contributed by atoms with van der Waals surface area (Å²) in [6.45, 7) is -0.262. The highest BCUT2D eigenvalue weighted by Gasteiger charge is 2.45. The number of hydrogen-bond acceptors (Lipinski definition) is 17. The summed E-state index contributed by atoms with van der Waals surface area (Å²) in [7, 11) is 0. The van der Waals surface area contributed by atoms with Crippen LogP contribution in [0.1, 0.15) is 30.9 Å². The van der Waals surface area contributed by atoms with E-state index in [4.69, 9.17) is 28.4 Å². The lowest BCUT2D eigenvalue weighted by Crippen LogP contribution is -2.60. The number of carbonyl (C=O) groups excluding carboxylic acids is 2. The SMILES string of the molecule is CC(O)(CC(=O)OCc1ccc(O[C@@H]2O[C@H](CO)[C@@H](O)[C@H](O)[C@H]2O)cc1)CC(=O)OCc1ccc(O[C@@H]2O[C@H](CO)[C@@H](O)[C@H](O)[C@H]2O)cc1. The molecule has 9 N–H and O–H groups in total. The molecule has 0 aliphatic carbocycles. The molecule has 0 saturated carbocycles. The molecule has 49 heavy (non-hydrogen) atoms. The van der Waals surface area contributed by atoms with E-state index in [2.05, 4.69) is 0 Å². The Morgan fingerprint density at radius 1 is 0.612 bits per heavy atom. The molecule has 0 unspecified atom stereocenters. The van der Waals surface area contributed by atoms with Gasteiger partial charge in [-0.3, -0.25) is 9.59 Å². The number of esters is 2. The standard InChI is InChI=1S/C32H42O17/c1-32(43,10-22(35)44-14-16-2-6-18(7-3-16)46-30-28(41)26(39)24(37)20(12-33)48-30)11-23(36)45-15-17-4-8-19(9-5-17)47-31-29(42)27(40)25(38)21(13-34)49-31/h2-9,20-21,24-31,33-34,37-43H,10-15H2,1H3/t20-,21-,24-,25-,26+,27+,28-,29-,30-,31-/m1/s1. The number of ether oxygens (including phenoxy) is 6. The topological polar surface area (TPSA) is 272 Å². The largest absolute Gasteiger partial charge is 0.462 e. The summed E-state index contributed by atoms with van der Waals surface area (Å²) in [5.41, 5.74) is -0.697. The maximum absolute atomic E-state index is 12.4. The number of aliphatic hydroxyl groups is 9. The van der Waals surface area contributed by atoms with E-state index in [0.717, 1.165) is 0 Å². The first kappa shape index (κ1) is 38.3. The van der Waals surface area contributed by atoms with Crippen LogP contribution in [0.2, 0.25) is 0 Å². The molecule has 10 atom stereocenters. The zero-order valence-electron chi connectivity index (χ0n) is 26.4. The number of rotatable bonds is 14. The van der Waals surface area contributed by atoms with Gasteiger partial charge in [-0.25, -0.2) is 0 Å². The maximum atomic E-state index is 12.4. The first-order chi connectivity index (χ1) is 23.2. The van der Waals surface area contributed by atoms with Gasteiger partial charge in [-0.15, -0.1) is 0 Å². The van der Waals surface area contributed by atoms with Crippen molar-refractivity contribution in [3.05, 3.63) is 59.7 Å². The number of hydrogen-bond donors (Lipinski definition) is 9. The predicted molar refractivity (Wildman–Crippen MR) is 161 cm³/mol. The highest BCUT2D eigenvalue weighted by atomic mass is 16.7. The zero-order valence-corrected chi connectivity index (χ0v) is 26.4. The Kier molecular flexibility index (Phi) is 13.3. The van der Waals surface area contributed by atoms with E-state index >= 15 is 0 Å². The molecule has 2 heterocycles. The highest BCUT2D eigenvalue weighted by molar-refractivity contribution is 5.74. The molecule has 2 aliphatic heterocycles. The Hall–Kier alpha value is -3.46. The van der Waals surface area contributed by atoms with Crippen molar-refractivity contribution in [1.29, 1.82) is 0 Å². The molecule has 4 rings (SSSR count). The molecular formula is C32H42O17. The summed E-state index contributed by atoms with van der Waals surface area (Å²) >= 11 is 0.